The van der Waals surface area contributed by atoms with E-state index < -0.39 is 0 Å². The second-order valence-electron chi connectivity index (χ2n) is 2.96. The predicted molar refractivity (Wildman–Crippen MR) is 50.8 cm³/mol. The van der Waals surface area contributed by atoms with Crippen LogP contribution in [0.25, 0.3) is 11.5 Å². The van der Waals surface area contributed by atoms with Crippen molar-refractivity contribution in [2.24, 2.45) is 7.05 Å². The molecule has 6 nitrogen and oxygen atoms in total. The van der Waals surface area contributed by atoms with E-state index in [0.717, 1.165) is 11.3 Å². The van der Waals surface area contributed by atoms with Gasteiger partial charge in [0.25, 0.3) is 5.89 Å². The Morgan fingerprint density at radius 3 is 2.71 bits per heavy atom. The molecule has 2 rings (SSSR count). The second-order valence-corrected chi connectivity index (χ2v) is 2.96. The molecule has 0 aromatic carbocycles. The number of hydrogen-bond donors (Lipinski definition) is 1. The molecule has 0 aliphatic heterocycles. The zero-order valence-corrected chi connectivity index (χ0v) is 8.27. The van der Waals surface area contributed by atoms with Crippen LogP contribution in [0.5, 0.6) is 0 Å². The van der Waals surface area contributed by atoms with E-state index in [1.807, 2.05) is 20.2 Å². The fraction of sp³-hybridized carbons (Fsp3) is 0.375. The van der Waals surface area contributed by atoms with Crippen molar-refractivity contribution < 1.29 is 4.42 Å². The van der Waals surface area contributed by atoms with Crippen LogP contribution in [-0.2, 0) is 7.05 Å². The van der Waals surface area contributed by atoms with Gasteiger partial charge in [-0.05, 0) is 6.92 Å². The van der Waals surface area contributed by atoms with Crippen LogP contribution in [0.4, 0.5) is 6.01 Å². The van der Waals surface area contributed by atoms with Crippen molar-refractivity contribution in [3.05, 3.63) is 11.9 Å². The lowest BCUT2D eigenvalue weighted by atomic mass is 10.3. The van der Waals surface area contributed by atoms with Gasteiger partial charge in [-0.3, -0.25) is 4.68 Å². The predicted octanol–water partition coefficient (Wildman–Crippen LogP) is 0.820. The van der Waals surface area contributed by atoms with Gasteiger partial charge in [0, 0.05) is 20.3 Å². The Kier molecular flexibility index (Phi) is 1.95. The maximum absolute atomic E-state index is 5.33. The molecule has 2 aromatic heterocycles. The summed E-state index contributed by atoms with van der Waals surface area (Å²) in [6.45, 7) is 1.90. The zero-order chi connectivity index (χ0) is 10.1. The highest BCUT2D eigenvalue weighted by molar-refractivity contribution is 5.55. The molecule has 0 fully saturated rings. The van der Waals surface area contributed by atoms with Crippen molar-refractivity contribution >= 4 is 6.01 Å². The Balaban J connectivity index is 2.43. The standard InChI is InChI=1S/C8H11N5O/c1-5-6(4-13(3)12-5)7-10-11-8(9-2)14-7/h4H,1-3H3,(H,9,11). The number of hydrogen-bond acceptors (Lipinski definition) is 5. The molecular weight excluding hydrogens is 182 g/mol. The van der Waals surface area contributed by atoms with Gasteiger partial charge in [-0.25, -0.2) is 0 Å². The van der Waals surface area contributed by atoms with Gasteiger partial charge in [0.1, 0.15) is 0 Å². The summed E-state index contributed by atoms with van der Waals surface area (Å²) in [5.74, 6) is 0.486. The average molecular weight is 193 g/mol. The fourth-order valence-electron chi connectivity index (χ4n) is 1.24. The topological polar surface area (TPSA) is 68.8 Å². The summed E-state index contributed by atoms with van der Waals surface area (Å²) in [6, 6.07) is 0.406. The second kappa shape index (κ2) is 3.13. The Morgan fingerprint density at radius 1 is 1.43 bits per heavy atom. The zero-order valence-electron chi connectivity index (χ0n) is 8.27. The third-order valence-corrected chi connectivity index (χ3v) is 1.88. The van der Waals surface area contributed by atoms with Crippen molar-refractivity contribution in [1.29, 1.82) is 0 Å². The molecule has 1 N–H and O–H groups in total. The lowest BCUT2D eigenvalue weighted by Gasteiger charge is -1.89. The number of nitrogens with one attached hydrogen (secondary N) is 1. The monoisotopic (exact) mass is 193 g/mol. The normalized spacial score (nSPS) is 10.5. The van der Waals surface area contributed by atoms with Crippen molar-refractivity contribution in [3.63, 3.8) is 0 Å². The van der Waals surface area contributed by atoms with Gasteiger partial charge in [0.15, 0.2) is 0 Å². The molecule has 14 heavy (non-hydrogen) atoms. The highest BCUT2D eigenvalue weighted by atomic mass is 16.4. The van der Waals surface area contributed by atoms with E-state index in [-0.39, 0.29) is 0 Å². The summed E-state index contributed by atoms with van der Waals surface area (Å²) in [5.41, 5.74) is 1.74. The number of aromatic nitrogens is 4. The van der Waals surface area contributed by atoms with Crippen LogP contribution in [-0.4, -0.2) is 27.0 Å². The highest BCUT2D eigenvalue weighted by Gasteiger charge is 2.12. The van der Waals surface area contributed by atoms with Crippen LogP contribution in [0.2, 0.25) is 0 Å². The van der Waals surface area contributed by atoms with Gasteiger partial charge in [-0.2, -0.15) is 5.10 Å². The van der Waals surface area contributed by atoms with Crippen LogP contribution in [0.1, 0.15) is 5.69 Å². The van der Waals surface area contributed by atoms with E-state index in [1.165, 1.54) is 0 Å². The average Bonchev–Trinajstić information content (AvgIpc) is 2.71. The molecule has 0 aliphatic carbocycles. The molecule has 0 atom stereocenters. The summed E-state index contributed by atoms with van der Waals surface area (Å²) in [5, 5.41) is 14.7. The molecule has 0 saturated heterocycles. The van der Waals surface area contributed by atoms with Crippen molar-refractivity contribution in [2.75, 3.05) is 12.4 Å². The van der Waals surface area contributed by atoms with Crippen LogP contribution in [0, 0.1) is 6.92 Å². The number of rotatable bonds is 2. The third-order valence-electron chi connectivity index (χ3n) is 1.88. The Morgan fingerprint density at radius 2 is 2.21 bits per heavy atom. The van der Waals surface area contributed by atoms with Crippen molar-refractivity contribution in [3.8, 4) is 11.5 Å². The Labute approximate surface area is 80.9 Å². The minimum Gasteiger partial charge on any atom is -0.403 e. The first-order valence-corrected chi connectivity index (χ1v) is 4.22. The van der Waals surface area contributed by atoms with E-state index in [4.69, 9.17) is 4.42 Å². The fourth-order valence-corrected chi connectivity index (χ4v) is 1.24. The first-order valence-electron chi connectivity index (χ1n) is 4.22. The lowest BCUT2D eigenvalue weighted by molar-refractivity contribution is 0.585. The number of nitrogens with zero attached hydrogens (tertiary/aromatic N) is 4. The maximum atomic E-state index is 5.33. The minimum absolute atomic E-state index is 0.406. The van der Waals surface area contributed by atoms with E-state index in [2.05, 4.69) is 20.6 Å². The lowest BCUT2D eigenvalue weighted by Crippen LogP contribution is -1.86. The van der Waals surface area contributed by atoms with Gasteiger partial charge >= 0.3 is 6.01 Å². The molecule has 6 heteroatoms. The minimum atomic E-state index is 0.406. The summed E-state index contributed by atoms with van der Waals surface area (Å²) < 4.78 is 7.04. The van der Waals surface area contributed by atoms with Crippen LogP contribution in [0.15, 0.2) is 10.6 Å². The molecule has 0 bridgehead atoms. The molecular formula is C8H11N5O. The van der Waals surface area contributed by atoms with Crippen molar-refractivity contribution in [1.82, 2.24) is 20.0 Å². The van der Waals surface area contributed by atoms with Gasteiger partial charge in [-0.1, -0.05) is 5.10 Å². The summed E-state index contributed by atoms with van der Waals surface area (Å²) >= 11 is 0. The molecule has 74 valence electrons. The van der Waals surface area contributed by atoms with Crippen LogP contribution >= 0.6 is 0 Å². The summed E-state index contributed by atoms with van der Waals surface area (Å²) in [7, 11) is 3.58. The number of anilines is 1. The summed E-state index contributed by atoms with van der Waals surface area (Å²) in [6.07, 6.45) is 1.85. The smallest absolute Gasteiger partial charge is 0.315 e. The van der Waals surface area contributed by atoms with Gasteiger partial charge in [-0.15, -0.1) is 5.10 Å². The van der Waals surface area contributed by atoms with E-state index in [9.17, 15) is 0 Å². The molecule has 0 saturated carbocycles. The maximum Gasteiger partial charge on any atom is 0.315 e. The highest BCUT2D eigenvalue weighted by Crippen LogP contribution is 2.21. The van der Waals surface area contributed by atoms with Crippen LogP contribution in [0.3, 0.4) is 0 Å². The molecule has 0 spiro atoms. The molecule has 2 aromatic rings. The third kappa shape index (κ3) is 1.34. The molecule has 0 amide bonds. The molecule has 0 unspecified atom stereocenters. The largest absolute Gasteiger partial charge is 0.403 e. The van der Waals surface area contributed by atoms with E-state index >= 15 is 0 Å². The van der Waals surface area contributed by atoms with Crippen LogP contribution < -0.4 is 5.32 Å². The van der Waals surface area contributed by atoms with E-state index in [1.54, 1.807) is 11.7 Å². The van der Waals surface area contributed by atoms with E-state index in [0.29, 0.717) is 11.9 Å². The first kappa shape index (κ1) is 8.74. The van der Waals surface area contributed by atoms with Gasteiger partial charge in [0.05, 0.1) is 11.3 Å². The molecule has 2 heterocycles. The van der Waals surface area contributed by atoms with Crippen molar-refractivity contribution in [2.45, 2.75) is 6.92 Å². The summed E-state index contributed by atoms with van der Waals surface area (Å²) in [4.78, 5) is 0. The Hall–Kier alpha value is -1.85. The first-order chi connectivity index (χ1) is 6.70. The SMILES string of the molecule is CNc1nnc(-c2cn(C)nc2C)o1. The Bertz CT molecular complexity index is 444. The van der Waals surface area contributed by atoms with Gasteiger partial charge < -0.3 is 9.73 Å². The van der Waals surface area contributed by atoms with Gasteiger partial charge in [0.2, 0.25) is 0 Å². The molecule has 0 aliphatic rings. The molecule has 0 radical (unpaired) electrons. The quantitative estimate of drug-likeness (QED) is 0.764. The number of aryl methyl sites for hydroxylation is 2.